The number of amides is 2. The van der Waals surface area contributed by atoms with E-state index in [2.05, 4.69) is 41.8 Å². The molecular formula is C22H29N3O3. The molecule has 0 unspecified atom stereocenters. The van der Waals surface area contributed by atoms with Gasteiger partial charge in [-0.15, -0.1) is 0 Å². The molecule has 0 fully saturated rings. The number of carbonyl (C=O) groups excluding carboxylic acids is 2. The molecule has 28 heavy (non-hydrogen) atoms. The van der Waals surface area contributed by atoms with Crippen LogP contribution in [-0.4, -0.2) is 44.0 Å². The highest BCUT2D eigenvalue weighted by Crippen LogP contribution is 2.24. The van der Waals surface area contributed by atoms with Gasteiger partial charge in [0, 0.05) is 6.54 Å². The van der Waals surface area contributed by atoms with Gasteiger partial charge in [-0.3, -0.25) is 14.5 Å². The summed E-state index contributed by atoms with van der Waals surface area (Å²) in [6.07, 6.45) is 1.01. The van der Waals surface area contributed by atoms with Gasteiger partial charge in [0.25, 0.3) is 0 Å². The third-order valence-electron chi connectivity index (χ3n) is 4.37. The summed E-state index contributed by atoms with van der Waals surface area (Å²) < 4.78 is 5.24. The van der Waals surface area contributed by atoms with Gasteiger partial charge in [-0.25, -0.2) is 0 Å². The SMILES string of the molecule is CCc1ccc(CN(C)CC(=O)NCC(=O)Nc2cc(C)ccc2OC)cc1. The number of hydrogen-bond acceptors (Lipinski definition) is 4. The lowest BCUT2D eigenvalue weighted by atomic mass is 10.1. The van der Waals surface area contributed by atoms with Crippen molar-refractivity contribution in [3.8, 4) is 5.75 Å². The van der Waals surface area contributed by atoms with Gasteiger partial charge in [0.15, 0.2) is 0 Å². The molecule has 2 N–H and O–H groups in total. The van der Waals surface area contributed by atoms with Crippen LogP contribution in [0.1, 0.15) is 23.6 Å². The van der Waals surface area contributed by atoms with Gasteiger partial charge in [-0.2, -0.15) is 0 Å². The monoisotopic (exact) mass is 383 g/mol. The van der Waals surface area contributed by atoms with E-state index in [-0.39, 0.29) is 24.9 Å². The Morgan fingerprint density at radius 3 is 2.36 bits per heavy atom. The Kier molecular flexibility index (Phi) is 8.02. The van der Waals surface area contributed by atoms with E-state index in [9.17, 15) is 9.59 Å². The number of aryl methyl sites for hydroxylation is 2. The Morgan fingerprint density at radius 2 is 1.71 bits per heavy atom. The second-order valence-corrected chi connectivity index (χ2v) is 6.87. The van der Waals surface area contributed by atoms with Crippen molar-refractivity contribution in [3.63, 3.8) is 0 Å². The Labute approximate surface area is 166 Å². The van der Waals surface area contributed by atoms with Crippen LogP contribution in [0.3, 0.4) is 0 Å². The summed E-state index contributed by atoms with van der Waals surface area (Å²) in [5.74, 6) is 0.0909. The van der Waals surface area contributed by atoms with Crippen molar-refractivity contribution in [1.82, 2.24) is 10.2 Å². The molecule has 6 nitrogen and oxygen atoms in total. The van der Waals surface area contributed by atoms with Crippen LogP contribution in [0.4, 0.5) is 5.69 Å². The number of ether oxygens (including phenoxy) is 1. The van der Waals surface area contributed by atoms with Gasteiger partial charge >= 0.3 is 0 Å². The summed E-state index contributed by atoms with van der Waals surface area (Å²) >= 11 is 0. The zero-order valence-electron chi connectivity index (χ0n) is 17.0. The molecule has 0 aromatic heterocycles. The minimum Gasteiger partial charge on any atom is -0.495 e. The molecule has 2 aromatic carbocycles. The molecule has 2 amide bonds. The minimum absolute atomic E-state index is 0.0883. The molecule has 0 saturated carbocycles. The van der Waals surface area contributed by atoms with Crippen molar-refractivity contribution in [1.29, 1.82) is 0 Å². The van der Waals surface area contributed by atoms with Crippen LogP contribution < -0.4 is 15.4 Å². The maximum atomic E-state index is 12.1. The zero-order valence-corrected chi connectivity index (χ0v) is 17.0. The van der Waals surface area contributed by atoms with Gasteiger partial charge in [-0.05, 0) is 49.2 Å². The van der Waals surface area contributed by atoms with Crippen molar-refractivity contribution >= 4 is 17.5 Å². The minimum atomic E-state index is -0.296. The van der Waals surface area contributed by atoms with Crippen LogP contribution in [0, 0.1) is 6.92 Å². The zero-order chi connectivity index (χ0) is 20.5. The first-order valence-electron chi connectivity index (χ1n) is 9.38. The van der Waals surface area contributed by atoms with E-state index < -0.39 is 0 Å². The molecule has 0 aliphatic rings. The van der Waals surface area contributed by atoms with E-state index >= 15 is 0 Å². The second-order valence-electron chi connectivity index (χ2n) is 6.87. The number of carbonyl (C=O) groups is 2. The number of anilines is 1. The summed E-state index contributed by atoms with van der Waals surface area (Å²) in [6.45, 7) is 4.86. The fraction of sp³-hybridized carbons (Fsp3) is 0.364. The van der Waals surface area contributed by atoms with E-state index in [1.54, 1.807) is 13.2 Å². The lowest BCUT2D eigenvalue weighted by Gasteiger charge is -2.17. The average molecular weight is 383 g/mol. The summed E-state index contributed by atoms with van der Waals surface area (Å²) in [5.41, 5.74) is 4.04. The van der Waals surface area contributed by atoms with E-state index in [0.717, 1.165) is 17.5 Å². The standard InChI is InChI=1S/C22H29N3O3/c1-5-17-7-9-18(10-8-17)14-25(3)15-22(27)23-13-21(26)24-19-12-16(2)6-11-20(19)28-4/h6-12H,5,13-15H2,1-4H3,(H,23,27)(H,24,26). The van der Waals surface area contributed by atoms with Crippen LogP contribution in [0.25, 0.3) is 0 Å². The number of benzene rings is 2. The maximum Gasteiger partial charge on any atom is 0.243 e. The summed E-state index contributed by atoms with van der Waals surface area (Å²) in [6, 6.07) is 13.9. The third kappa shape index (κ3) is 6.70. The van der Waals surface area contributed by atoms with Crippen LogP contribution in [-0.2, 0) is 22.6 Å². The smallest absolute Gasteiger partial charge is 0.243 e. The Morgan fingerprint density at radius 1 is 1.04 bits per heavy atom. The van der Waals surface area contributed by atoms with Crippen molar-refractivity contribution in [2.75, 3.05) is 32.6 Å². The second kappa shape index (κ2) is 10.5. The van der Waals surface area contributed by atoms with E-state index in [1.807, 2.05) is 31.0 Å². The molecular weight excluding hydrogens is 354 g/mol. The Balaban J connectivity index is 1.78. The summed E-state index contributed by atoms with van der Waals surface area (Å²) in [7, 11) is 3.43. The summed E-state index contributed by atoms with van der Waals surface area (Å²) in [4.78, 5) is 26.2. The molecule has 2 aromatic rings. The van der Waals surface area contributed by atoms with Crippen molar-refractivity contribution in [2.45, 2.75) is 26.8 Å². The Hall–Kier alpha value is -2.86. The molecule has 0 aliphatic carbocycles. The number of nitrogens with one attached hydrogen (secondary N) is 2. The van der Waals surface area contributed by atoms with Gasteiger partial charge in [0.1, 0.15) is 5.75 Å². The number of nitrogens with zero attached hydrogens (tertiary/aromatic N) is 1. The number of rotatable bonds is 9. The number of likely N-dealkylation sites (N-methyl/N-ethyl adjacent to an activating group) is 1. The topological polar surface area (TPSA) is 70.7 Å². The molecule has 0 saturated heterocycles. The maximum absolute atomic E-state index is 12.1. The summed E-state index contributed by atoms with van der Waals surface area (Å²) in [5, 5.41) is 5.43. The van der Waals surface area contributed by atoms with Crippen LogP contribution >= 0.6 is 0 Å². The van der Waals surface area contributed by atoms with Crippen molar-refractivity contribution in [3.05, 3.63) is 59.2 Å². The molecule has 0 bridgehead atoms. The van der Waals surface area contributed by atoms with Crippen LogP contribution in [0.2, 0.25) is 0 Å². The molecule has 0 atom stereocenters. The van der Waals surface area contributed by atoms with Crippen molar-refractivity contribution in [2.24, 2.45) is 0 Å². The fourth-order valence-corrected chi connectivity index (χ4v) is 2.84. The molecule has 0 spiro atoms. The molecule has 0 radical (unpaired) electrons. The molecule has 2 rings (SSSR count). The first kappa shape index (κ1) is 21.4. The van der Waals surface area contributed by atoms with Crippen LogP contribution in [0.5, 0.6) is 5.75 Å². The molecule has 150 valence electrons. The molecule has 0 aliphatic heterocycles. The average Bonchev–Trinajstić information content (AvgIpc) is 2.67. The fourth-order valence-electron chi connectivity index (χ4n) is 2.84. The van der Waals surface area contributed by atoms with Crippen LogP contribution in [0.15, 0.2) is 42.5 Å². The third-order valence-corrected chi connectivity index (χ3v) is 4.37. The lowest BCUT2D eigenvalue weighted by Crippen LogP contribution is -2.39. The van der Waals surface area contributed by atoms with Crippen molar-refractivity contribution < 1.29 is 14.3 Å². The predicted molar refractivity (Wildman–Crippen MR) is 112 cm³/mol. The van der Waals surface area contributed by atoms with Gasteiger partial charge in [0.2, 0.25) is 11.8 Å². The van der Waals surface area contributed by atoms with Gasteiger partial charge in [0.05, 0.1) is 25.9 Å². The highest BCUT2D eigenvalue weighted by molar-refractivity contribution is 5.96. The lowest BCUT2D eigenvalue weighted by molar-refractivity contribution is -0.124. The van der Waals surface area contributed by atoms with E-state index in [0.29, 0.717) is 18.0 Å². The van der Waals surface area contributed by atoms with Gasteiger partial charge < -0.3 is 15.4 Å². The predicted octanol–water partition coefficient (Wildman–Crippen LogP) is 2.75. The normalized spacial score (nSPS) is 10.6. The highest BCUT2D eigenvalue weighted by Gasteiger charge is 2.11. The van der Waals surface area contributed by atoms with E-state index in [1.165, 1.54) is 5.56 Å². The largest absolute Gasteiger partial charge is 0.495 e. The highest BCUT2D eigenvalue weighted by atomic mass is 16.5. The van der Waals surface area contributed by atoms with E-state index in [4.69, 9.17) is 4.74 Å². The number of hydrogen-bond donors (Lipinski definition) is 2. The quantitative estimate of drug-likeness (QED) is 0.699. The van der Waals surface area contributed by atoms with Gasteiger partial charge in [-0.1, -0.05) is 37.3 Å². The first-order valence-corrected chi connectivity index (χ1v) is 9.38. The molecule has 6 heteroatoms. The molecule has 0 heterocycles. The first-order chi connectivity index (χ1) is 13.4. The number of methoxy groups -OCH3 is 1. The Bertz CT molecular complexity index is 803.